The molecule has 0 saturated carbocycles. The zero-order valence-electron chi connectivity index (χ0n) is 21.0. The van der Waals surface area contributed by atoms with Crippen LogP contribution in [0.3, 0.4) is 0 Å². The second-order valence-corrected chi connectivity index (χ2v) is 8.78. The van der Waals surface area contributed by atoms with Crippen LogP contribution >= 0.6 is 0 Å². The SMILES string of the molecule is CC(C)C(=O)OCC(CO)CON=C1CN(c2ncc(-c3cccc(COC(=O)N=C(N)N)c3F)cn2)C1. The largest absolute Gasteiger partial charge is 0.465 e. The lowest BCUT2D eigenvalue weighted by atomic mass is 10.1. The van der Waals surface area contributed by atoms with Crippen molar-refractivity contribution in [2.75, 3.05) is 37.8 Å². The first-order valence-corrected chi connectivity index (χ1v) is 11.7. The van der Waals surface area contributed by atoms with Crippen LogP contribution in [0.25, 0.3) is 11.1 Å². The van der Waals surface area contributed by atoms with Gasteiger partial charge in [-0.2, -0.15) is 0 Å². The van der Waals surface area contributed by atoms with Gasteiger partial charge in [0.25, 0.3) is 0 Å². The van der Waals surface area contributed by atoms with Crippen molar-refractivity contribution in [3.05, 3.63) is 42.0 Å². The van der Waals surface area contributed by atoms with Gasteiger partial charge in [0, 0.05) is 29.1 Å². The molecule has 1 aromatic heterocycles. The number of esters is 1. The van der Waals surface area contributed by atoms with Gasteiger partial charge in [-0.25, -0.2) is 19.2 Å². The molecule has 2 heterocycles. The number of rotatable bonds is 11. The van der Waals surface area contributed by atoms with E-state index in [1.54, 1.807) is 26.0 Å². The van der Waals surface area contributed by atoms with E-state index >= 15 is 0 Å². The van der Waals surface area contributed by atoms with Crippen molar-refractivity contribution >= 4 is 29.7 Å². The van der Waals surface area contributed by atoms with Crippen LogP contribution in [0.5, 0.6) is 0 Å². The molecule has 1 aliphatic rings. The number of anilines is 1. The van der Waals surface area contributed by atoms with Crippen molar-refractivity contribution in [3.63, 3.8) is 0 Å². The molecule has 1 aliphatic heterocycles. The number of oxime groups is 1. The van der Waals surface area contributed by atoms with Crippen LogP contribution in [0.2, 0.25) is 0 Å². The second kappa shape index (κ2) is 13.3. The number of amides is 1. The van der Waals surface area contributed by atoms with Crippen LogP contribution in [0.15, 0.2) is 40.7 Å². The third-order valence-electron chi connectivity index (χ3n) is 5.32. The molecule has 2 aromatic rings. The summed E-state index contributed by atoms with van der Waals surface area (Å²) in [5.74, 6) is -1.56. The van der Waals surface area contributed by atoms with Gasteiger partial charge in [-0.05, 0) is 0 Å². The average molecular weight is 532 g/mol. The Kier molecular flexibility index (Phi) is 9.87. The Morgan fingerprint density at radius 2 is 1.87 bits per heavy atom. The number of nitrogens with zero attached hydrogens (tertiary/aromatic N) is 5. The normalized spacial score (nSPS) is 13.4. The van der Waals surface area contributed by atoms with Crippen molar-refractivity contribution in [2.45, 2.75) is 20.5 Å². The van der Waals surface area contributed by atoms with Crippen LogP contribution in [0, 0.1) is 17.7 Å². The minimum absolute atomic E-state index is 0.0529. The van der Waals surface area contributed by atoms with E-state index in [1.807, 2.05) is 4.90 Å². The van der Waals surface area contributed by atoms with Gasteiger partial charge in [0.2, 0.25) is 5.95 Å². The van der Waals surface area contributed by atoms with Gasteiger partial charge < -0.3 is 35.8 Å². The Bertz CT molecular complexity index is 1180. The van der Waals surface area contributed by atoms with E-state index in [0.29, 0.717) is 24.6 Å². The van der Waals surface area contributed by atoms with E-state index in [0.717, 1.165) is 5.71 Å². The highest BCUT2D eigenvalue weighted by atomic mass is 19.1. The average Bonchev–Trinajstić information content (AvgIpc) is 2.86. The Labute approximate surface area is 218 Å². The van der Waals surface area contributed by atoms with Crippen molar-refractivity contribution in [1.29, 1.82) is 0 Å². The first-order valence-electron chi connectivity index (χ1n) is 11.7. The number of nitrogens with two attached hydrogens (primary N) is 2. The zero-order valence-corrected chi connectivity index (χ0v) is 21.0. The van der Waals surface area contributed by atoms with E-state index in [1.165, 1.54) is 18.5 Å². The minimum Gasteiger partial charge on any atom is -0.465 e. The summed E-state index contributed by atoms with van der Waals surface area (Å²) in [6, 6.07) is 4.65. The molecular formula is C24H30FN7O6. The molecule has 1 unspecified atom stereocenters. The molecule has 204 valence electrons. The summed E-state index contributed by atoms with van der Waals surface area (Å²) in [6.07, 6.45) is 1.96. The first-order chi connectivity index (χ1) is 18.2. The minimum atomic E-state index is -1.02. The lowest BCUT2D eigenvalue weighted by Crippen LogP contribution is -2.48. The summed E-state index contributed by atoms with van der Waals surface area (Å²) in [5, 5.41) is 13.5. The number of ether oxygens (including phenoxy) is 2. The van der Waals surface area contributed by atoms with E-state index in [2.05, 4.69) is 20.1 Å². The van der Waals surface area contributed by atoms with Crippen LogP contribution < -0.4 is 16.4 Å². The fraction of sp³-hybridized carbons (Fsp3) is 0.417. The third-order valence-corrected chi connectivity index (χ3v) is 5.32. The summed E-state index contributed by atoms with van der Waals surface area (Å²) in [4.78, 5) is 42.0. The summed E-state index contributed by atoms with van der Waals surface area (Å²) >= 11 is 0. The molecule has 1 amide bonds. The van der Waals surface area contributed by atoms with Gasteiger partial charge in [-0.15, -0.1) is 4.99 Å². The third kappa shape index (κ3) is 7.83. The number of guanidine groups is 1. The lowest BCUT2D eigenvalue weighted by molar-refractivity contribution is -0.149. The van der Waals surface area contributed by atoms with Gasteiger partial charge in [0.15, 0.2) is 5.96 Å². The lowest BCUT2D eigenvalue weighted by Gasteiger charge is -2.32. The van der Waals surface area contributed by atoms with E-state index in [9.17, 15) is 19.1 Å². The highest BCUT2D eigenvalue weighted by molar-refractivity contribution is 5.98. The topological polar surface area (TPSA) is 188 Å². The maximum Gasteiger partial charge on any atom is 0.437 e. The van der Waals surface area contributed by atoms with Crippen LogP contribution in [0.1, 0.15) is 19.4 Å². The van der Waals surface area contributed by atoms with E-state index in [-0.39, 0.29) is 55.4 Å². The van der Waals surface area contributed by atoms with E-state index < -0.39 is 17.9 Å². The molecule has 0 radical (unpaired) electrons. The molecular weight excluding hydrogens is 501 g/mol. The van der Waals surface area contributed by atoms with Gasteiger partial charge in [0.1, 0.15) is 19.0 Å². The second-order valence-electron chi connectivity index (χ2n) is 8.78. The van der Waals surface area contributed by atoms with Crippen molar-refractivity contribution < 1.29 is 33.4 Å². The van der Waals surface area contributed by atoms with Crippen molar-refractivity contribution in [1.82, 2.24) is 9.97 Å². The molecule has 0 aliphatic carbocycles. The summed E-state index contributed by atoms with van der Waals surface area (Å²) in [7, 11) is 0. The Hall–Kier alpha value is -4.33. The molecule has 13 nitrogen and oxygen atoms in total. The van der Waals surface area contributed by atoms with Crippen molar-refractivity contribution in [2.24, 2.45) is 33.5 Å². The molecule has 1 atom stereocenters. The number of benzene rings is 1. The summed E-state index contributed by atoms with van der Waals surface area (Å²) < 4.78 is 24.9. The highest BCUT2D eigenvalue weighted by Gasteiger charge is 2.25. The molecule has 14 heteroatoms. The number of aliphatic hydroxyl groups excluding tert-OH is 1. The van der Waals surface area contributed by atoms with Crippen molar-refractivity contribution in [3.8, 4) is 11.1 Å². The van der Waals surface area contributed by atoms with Gasteiger partial charge in [-0.3, -0.25) is 4.79 Å². The Balaban J connectivity index is 1.51. The predicted molar refractivity (Wildman–Crippen MR) is 135 cm³/mol. The maximum atomic E-state index is 15.0. The quantitative estimate of drug-likeness (QED) is 0.163. The fourth-order valence-electron chi connectivity index (χ4n) is 3.16. The molecule has 5 N–H and O–H groups in total. The predicted octanol–water partition coefficient (Wildman–Crippen LogP) is 1.19. The maximum absolute atomic E-state index is 15.0. The number of aliphatic hydroxyl groups is 1. The molecule has 0 bridgehead atoms. The van der Waals surface area contributed by atoms with Crippen LogP contribution in [-0.4, -0.2) is 71.7 Å². The molecule has 38 heavy (non-hydrogen) atoms. The standard InChI is InChI=1S/C24H30FN7O6/c1-14(2)21(34)36-11-15(10-33)12-38-31-18-8-32(9-18)23-28-6-17(7-29-23)19-5-3-4-16(20(19)25)13-37-24(35)30-22(26)27/h3-7,14-15,33H,8-13H2,1-2H3,(H4,26,27,30,35). The number of carbonyl (C=O) groups excluding carboxylic acids is 2. The monoisotopic (exact) mass is 531 g/mol. The number of carbonyl (C=O) groups is 2. The zero-order chi connectivity index (χ0) is 27.7. The smallest absolute Gasteiger partial charge is 0.437 e. The first kappa shape index (κ1) is 28.2. The molecule has 1 saturated heterocycles. The number of hydrogen-bond acceptors (Lipinski definition) is 10. The summed E-state index contributed by atoms with van der Waals surface area (Å²) in [6.45, 7) is 3.95. The van der Waals surface area contributed by atoms with Gasteiger partial charge in [0.05, 0.1) is 43.9 Å². The Morgan fingerprint density at radius 1 is 1.16 bits per heavy atom. The molecule has 1 aromatic carbocycles. The van der Waals surface area contributed by atoms with Crippen LogP contribution in [0.4, 0.5) is 15.1 Å². The number of halogens is 1. The number of aromatic nitrogens is 2. The molecule has 1 fully saturated rings. The fourth-order valence-corrected chi connectivity index (χ4v) is 3.16. The van der Waals surface area contributed by atoms with Gasteiger partial charge >= 0.3 is 12.1 Å². The number of aliphatic imine (C=N–C) groups is 1. The molecule has 0 spiro atoms. The highest BCUT2D eigenvalue weighted by Crippen LogP contribution is 2.26. The van der Waals surface area contributed by atoms with E-state index in [4.69, 9.17) is 25.8 Å². The van der Waals surface area contributed by atoms with Gasteiger partial charge in [-0.1, -0.05) is 37.2 Å². The van der Waals surface area contributed by atoms with Crippen LogP contribution in [-0.2, 0) is 25.7 Å². The molecule has 3 rings (SSSR count). The number of hydrogen-bond donors (Lipinski definition) is 3. The summed E-state index contributed by atoms with van der Waals surface area (Å²) in [5.41, 5.74) is 11.8. The Morgan fingerprint density at radius 3 is 2.50 bits per heavy atom.